The first-order valence-corrected chi connectivity index (χ1v) is 47.5. The predicted octanol–water partition coefficient (Wildman–Crippen LogP) is 21.9. The molecular weight excluding hydrogens is 1910 g/mol. The Labute approximate surface area is 835 Å². The van der Waals surface area contributed by atoms with Crippen molar-refractivity contribution in [3.8, 4) is 0 Å². The average molecular weight is 2010 g/mol. The van der Waals surface area contributed by atoms with Crippen molar-refractivity contribution in [2.75, 3.05) is 0 Å². The van der Waals surface area contributed by atoms with E-state index in [0.29, 0.717) is 109 Å². The lowest BCUT2D eigenvalue weighted by Gasteiger charge is -2.07. The van der Waals surface area contributed by atoms with Crippen molar-refractivity contribution in [3.05, 3.63) is 354 Å². The van der Waals surface area contributed by atoms with E-state index >= 15 is 0 Å². The van der Waals surface area contributed by atoms with E-state index in [0.717, 1.165) is 128 Å². The number of nitrogens with zero attached hydrogens (tertiary/aromatic N) is 18. The minimum Gasteiger partial charge on any atom is -0.478 e. The lowest BCUT2D eigenvalue weighted by atomic mass is 10.0. The number of aryl methyl sites for hydroxylation is 9. The molecule has 2 aliphatic rings. The van der Waals surface area contributed by atoms with Crippen LogP contribution in [0.3, 0.4) is 0 Å². The molecule has 2 saturated carbocycles. The Morgan fingerprint density at radius 3 is 0.863 bits per heavy atom. The van der Waals surface area contributed by atoms with Gasteiger partial charge < -0.3 is 30.6 Å². The van der Waals surface area contributed by atoms with Crippen LogP contribution in [0.2, 0.25) is 5.02 Å². The third kappa shape index (κ3) is 26.2. The number of pyridine rings is 6. The van der Waals surface area contributed by atoms with Gasteiger partial charge in [-0.3, -0.25) is 58.0 Å². The number of hydrogen-bond donors (Lipinski definition) is 6. The highest BCUT2D eigenvalue weighted by atomic mass is 35.5. The molecule has 18 aromatic rings. The van der Waals surface area contributed by atoms with Crippen molar-refractivity contribution in [2.24, 2.45) is 11.8 Å². The predicted molar refractivity (Wildman–Crippen MR) is 534 cm³/mol. The molecule has 0 unspecified atom stereocenters. The van der Waals surface area contributed by atoms with Crippen LogP contribution in [-0.2, 0) is 77.8 Å². The number of rotatable bonds is 30. The SMILES string of the molecule is CCCn1nc(Cc2cnccc2C(=O)O)c2cc(Cl)ccc21.CCn1nc(Cc2cnccc2C(=O)O)c2cc(C)ccc21.Cc1ccc2c(c1)c(Cc1cnccc1C(=O)O)nn2CC1CC1.Cc1ccc2c(c1)c(Cc1cnccc1C(=O)O)nn2CCC(F)(F)F.Cc1ccc2c(c1)c(Cc1cnccc1C(=O)O)nn2CCC(F)(F)F.O=C(O)c1ccncc1Cc1nn(CCC2CC2)c2ccc(F)cc12. The largest absolute Gasteiger partial charge is 0.478 e. The van der Waals surface area contributed by atoms with Crippen LogP contribution in [-0.4, -0.2) is 167 Å². The summed E-state index contributed by atoms with van der Waals surface area (Å²) in [6, 6.07) is 42.5. The molecule has 12 aromatic heterocycles. The summed E-state index contributed by atoms with van der Waals surface area (Å²) in [7, 11) is 0. The van der Waals surface area contributed by atoms with Crippen molar-refractivity contribution in [3.63, 3.8) is 0 Å². The van der Waals surface area contributed by atoms with Crippen molar-refractivity contribution in [1.29, 1.82) is 0 Å². The average Bonchev–Trinajstić information content (AvgIpc) is 1.65. The molecule has 2 aliphatic carbocycles. The van der Waals surface area contributed by atoms with E-state index in [2.05, 4.69) is 110 Å². The molecule has 0 saturated heterocycles. The molecule has 752 valence electrons. The highest BCUT2D eigenvalue weighted by Gasteiger charge is 2.32. The molecule has 146 heavy (non-hydrogen) atoms. The lowest BCUT2D eigenvalue weighted by Crippen LogP contribution is -2.13. The molecule has 0 amide bonds. The minimum absolute atomic E-state index is 0.102. The number of carboxylic acids is 6. The van der Waals surface area contributed by atoms with Crippen LogP contribution in [0.15, 0.2) is 220 Å². The Balaban J connectivity index is 0.000000132. The number of hydrogen-bond acceptors (Lipinski definition) is 18. The van der Waals surface area contributed by atoms with Gasteiger partial charge in [0.2, 0.25) is 0 Å². The van der Waals surface area contributed by atoms with Crippen LogP contribution in [0, 0.1) is 45.3 Å². The summed E-state index contributed by atoms with van der Waals surface area (Å²) in [6.45, 7) is 14.7. The summed E-state index contributed by atoms with van der Waals surface area (Å²) >= 11 is 6.12. The van der Waals surface area contributed by atoms with Gasteiger partial charge >= 0.3 is 48.2 Å². The van der Waals surface area contributed by atoms with Crippen LogP contribution in [0.5, 0.6) is 0 Å². The second-order valence-electron chi connectivity index (χ2n) is 36.0. The maximum atomic E-state index is 13.8. The fourth-order valence-electron chi connectivity index (χ4n) is 17.4. The maximum absolute atomic E-state index is 13.8. The zero-order valence-corrected chi connectivity index (χ0v) is 81.0. The van der Waals surface area contributed by atoms with Gasteiger partial charge in [0.1, 0.15) is 5.82 Å². The summed E-state index contributed by atoms with van der Waals surface area (Å²) < 4.78 is 99.8. The fraction of sp³-hybridized carbons (Fsp3) is 0.278. The summed E-state index contributed by atoms with van der Waals surface area (Å²) in [6.07, 6.45) is 16.6. The first-order chi connectivity index (χ1) is 69.9. The van der Waals surface area contributed by atoms with Crippen LogP contribution < -0.4 is 0 Å². The summed E-state index contributed by atoms with van der Waals surface area (Å²) in [5.41, 5.74) is 18.6. The molecule has 30 nitrogen and oxygen atoms in total. The molecule has 0 radical (unpaired) electrons. The molecule has 2 fully saturated rings. The monoisotopic (exact) mass is 2010 g/mol. The number of carbonyl (C=O) groups is 6. The number of aromatic nitrogens is 18. The molecule has 38 heteroatoms. The van der Waals surface area contributed by atoms with Gasteiger partial charge in [0, 0.05) is 176 Å². The Bertz CT molecular complexity index is 7740. The Kier molecular flexibility index (Phi) is 32.7. The quantitative estimate of drug-likeness (QED) is 0.0228. The second-order valence-corrected chi connectivity index (χ2v) is 36.4. The molecule has 6 aromatic carbocycles. The van der Waals surface area contributed by atoms with Gasteiger partial charge in [0.05, 0.1) is 127 Å². The van der Waals surface area contributed by atoms with Gasteiger partial charge in [-0.2, -0.15) is 56.9 Å². The molecule has 12 heterocycles. The number of aromatic carboxylic acids is 6. The van der Waals surface area contributed by atoms with E-state index < -0.39 is 61.0 Å². The molecule has 0 aliphatic heterocycles. The summed E-state index contributed by atoms with van der Waals surface area (Å²) in [4.78, 5) is 92.4. The smallest absolute Gasteiger partial charge is 0.390 e. The number of fused-ring (bicyclic) bond motifs is 6. The fourth-order valence-corrected chi connectivity index (χ4v) is 17.6. The van der Waals surface area contributed by atoms with Gasteiger partial charge in [0.15, 0.2) is 0 Å². The minimum atomic E-state index is -4.27. The summed E-state index contributed by atoms with van der Waals surface area (Å²) in [5.74, 6) is -4.80. The standard InChI is InChI=1S/C19H18FN3O2.C19H19N3O2.2C18H16F3N3O2.C17H16ClN3O2.C17H17N3O2/c20-14-3-4-18-16(10-14)17(22-23(18)8-6-12-1-2-12)9-13-11-21-7-5-15(13)19(24)25;1-12-2-5-18-16(8-12)17(21-22(18)11-13-3-4-13)9-14-10-20-7-6-15(14)19(23)24;2*1-11-2-3-16-14(8-11)15(23-24(16)7-5-18(19,20)21)9-12-10-22-6-4-13(12)17(25)26;1-2-7-21-16-4-3-12(18)9-14(16)15(20-21)8-11-10-19-6-5-13(11)17(22)23;1-3-20-16-5-4-11(2)8-14(16)15(19-20)9-12-10-18-7-6-13(12)17(21)22/h3-5,7,10-12H,1-2,6,8-9H2,(H,24,25);2,5-8,10,13H,3-4,9,11H2,1H3,(H,23,24);2*2-4,6,8,10H,5,7,9H2,1H3,(H,25,26);3-6,9-10H,2,7-8H2,1H3,(H,22,23);4-8,10H,3,9H2,1-2H3,(H,21,22). The van der Waals surface area contributed by atoms with E-state index in [1.807, 2.05) is 84.2 Å². The normalized spacial score (nSPS) is 12.4. The zero-order chi connectivity index (χ0) is 104. The first-order valence-electron chi connectivity index (χ1n) is 47.2. The van der Waals surface area contributed by atoms with Gasteiger partial charge in [-0.25, -0.2) is 33.2 Å². The van der Waals surface area contributed by atoms with Gasteiger partial charge in [-0.05, 0) is 227 Å². The number of halogens is 8. The maximum Gasteiger partial charge on any atom is 0.390 e. The topological polar surface area (TPSA) is 408 Å². The van der Waals surface area contributed by atoms with Crippen LogP contribution >= 0.6 is 11.6 Å². The molecule has 0 atom stereocenters. The third-order valence-electron chi connectivity index (χ3n) is 25.0. The van der Waals surface area contributed by atoms with E-state index in [-0.39, 0.29) is 59.6 Å². The number of carboxylic acid groups (broad SMARTS) is 6. The van der Waals surface area contributed by atoms with Crippen molar-refractivity contribution >= 4 is 113 Å². The molecule has 6 N–H and O–H groups in total. The van der Waals surface area contributed by atoms with Gasteiger partial charge in [-0.1, -0.05) is 77.9 Å². The van der Waals surface area contributed by atoms with Gasteiger partial charge in [0.25, 0.3) is 0 Å². The highest BCUT2D eigenvalue weighted by molar-refractivity contribution is 6.31. The van der Waals surface area contributed by atoms with Crippen LogP contribution in [0.4, 0.5) is 30.7 Å². The van der Waals surface area contributed by atoms with Crippen molar-refractivity contribution < 1.29 is 90.1 Å². The van der Waals surface area contributed by atoms with E-state index in [4.69, 9.17) is 16.7 Å². The first kappa shape index (κ1) is 104. The third-order valence-corrected chi connectivity index (χ3v) is 25.2. The van der Waals surface area contributed by atoms with Gasteiger partial charge in [-0.15, -0.1) is 0 Å². The number of benzene rings is 6. The second kappa shape index (κ2) is 45.9. The van der Waals surface area contributed by atoms with E-state index in [9.17, 15) is 90.1 Å². The Morgan fingerprint density at radius 2 is 0.575 bits per heavy atom. The Morgan fingerprint density at radius 1 is 0.322 bits per heavy atom. The lowest BCUT2D eigenvalue weighted by molar-refractivity contribution is -0.137. The summed E-state index contributed by atoms with van der Waals surface area (Å²) in [5, 5.41) is 89.3. The van der Waals surface area contributed by atoms with Crippen LogP contribution in [0.1, 0.15) is 217 Å². The molecule has 0 bridgehead atoms. The molecule has 20 rings (SSSR count). The zero-order valence-electron chi connectivity index (χ0n) is 80.3. The van der Waals surface area contributed by atoms with Crippen LogP contribution in [0.25, 0.3) is 65.4 Å². The molecule has 0 spiro atoms. The van der Waals surface area contributed by atoms with Crippen molar-refractivity contribution in [2.45, 2.75) is 183 Å². The van der Waals surface area contributed by atoms with E-state index in [1.165, 1.54) is 139 Å². The molecular formula is C108H102ClF7N18O12. The van der Waals surface area contributed by atoms with Crippen molar-refractivity contribution in [1.82, 2.24) is 88.6 Å². The van der Waals surface area contributed by atoms with E-state index in [1.54, 1.807) is 42.9 Å². The Hall–Kier alpha value is -16.3. The number of alkyl halides is 6. The highest BCUT2D eigenvalue weighted by Crippen LogP contribution is 2.38.